The van der Waals surface area contributed by atoms with Gasteiger partial charge in [0.15, 0.2) is 0 Å². The van der Waals surface area contributed by atoms with Gasteiger partial charge in [-0.2, -0.15) is 0 Å². The molecule has 1 unspecified atom stereocenters. The Balaban J connectivity index is 3.31. The van der Waals surface area contributed by atoms with Crippen molar-refractivity contribution < 1.29 is 0 Å². The van der Waals surface area contributed by atoms with Gasteiger partial charge in [-0.1, -0.05) is 44.8 Å². The van der Waals surface area contributed by atoms with Crippen LogP contribution in [0.1, 0.15) is 52.9 Å². The SMILES string of the molecule is [CH2]CCCC(C)CCC=C(C)C. The van der Waals surface area contributed by atoms with Crippen LogP contribution in [0.4, 0.5) is 0 Å². The number of hydrogen-bond acceptors (Lipinski definition) is 0. The summed E-state index contributed by atoms with van der Waals surface area (Å²) >= 11 is 0. The molecule has 0 rings (SSSR count). The summed E-state index contributed by atoms with van der Waals surface area (Å²) in [6.07, 6.45) is 8.65. The van der Waals surface area contributed by atoms with Crippen molar-refractivity contribution in [2.45, 2.75) is 52.9 Å². The predicted octanol–water partition coefficient (Wildman–Crippen LogP) is 4.37. The van der Waals surface area contributed by atoms with E-state index in [9.17, 15) is 0 Å². The molecule has 0 heteroatoms. The summed E-state index contributed by atoms with van der Waals surface area (Å²) in [5.41, 5.74) is 1.44. The lowest BCUT2D eigenvalue weighted by Gasteiger charge is -2.08. The highest BCUT2D eigenvalue weighted by atomic mass is 14.0. The van der Waals surface area contributed by atoms with Crippen molar-refractivity contribution in [1.29, 1.82) is 0 Å². The second-order valence-corrected chi connectivity index (χ2v) is 3.96. The predicted molar refractivity (Wildman–Crippen MR) is 57.0 cm³/mol. The smallest absolute Gasteiger partial charge is 0.0346 e. The Morgan fingerprint density at radius 1 is 1.33 bits per heavy atom. The normalized spacial score (nSPS) is 12.7. The van der Waals surface area contributed by atoms with Crippen LogP contribution < -0.4 is 0 Å². The van der Waals surface area contributed by atoms with E-state index in [-0.39, 0.29) is 0 Å². The first kappa shape index (κ1) is 11.7. The topological polar surface area (TPSA) is 0 Å². The van der Waals surface area contributed by atoms with Crippen LogP contribution in [-0.2, 0) is 0 Å². The van der Waals surface area contributed by atoms with Gasteiger partial charge in [0.05, 0.1) is 0 Å². The highest BCUT2D eigenvalue weighted by Gasteiger charge is 1.98. The van der Waals surface area contributed by atoms with E-state index in [2.05, 4.69) is 33.8 Å². The molecule has 1 radical (unpaired) electrons. The summed E-state index contributed by atoms with van der Waals surface area (Å²) < 4.78 is 0. The molecule has 12 heavy (non-hydrogen) atoms. The van der Waals surface area contributed by atoms with E-state index >= 15 is 0 Å². The third kappa shape index (κ3) is 7.84. The zero-order valence-corrected chi connectivity index (χ0v) is 8.90. The van der Waals surface area contributed by atoms with Gasteiger partial charge in [0.25, 0.3) is 0 Å². The van der Waals surface area contributed by atoms with E-state index in [1.165, 1.54) is 31.3 Å². The second-order valence-electron chi connectivity index (χ2n) is 3.96. The fourth-order valence-electron chi connectivity index (χ4n) is 1.29. The van der Waals surface area contributed by atoms with Gasteiger partial charge >= 0.3 is 0 Å². The maximum absolute atomic E-state index is 3.85. The molecule has 0 saturated carbocycles. The first-order valence-corrected chi connectivity index (χ1v) is 5.09. The first-order chi connectivity index (χ1) is 5.66. The molecule has 0 aliphatic rings. The maximum atomic E-state index is 3.85. The first-order valence-electron chi connectivity index (χ1n) is 5.09. The highest BCUT2D eigenvalue weighted by molar-refractivity contribution is 4.92. The van der Waals surface area contributed by atoms with E-state index in [1.54, 1.807) is 0 Å². The molecule has 0 aromatic heterocycles. The molecule has 0 heterocycles. The van der Waals surface area contributed by atoms with Gasteiger partial charge in [-0.25, -0.2) is 0 Å². The molecular formula is C12H23. The number of allylic oxidation sites excluding steroid dienone is 2. The third-order valence-corrected chi connectivity index (χ3v) is 2.16. The molecule has 0 aromatic rings. The molecule has 0 spiro atoms. The molecule has 0 saturated heterocycles. The van der Waals surface area contributed by atoms with Crippen molar-refractivity contribution >= 4 is 0 Å². The molecule has 0 fully saturated rings. The van der Waals surface area contributed by atoms with Crippen LogP contribution in [0.3, 0.4) is 0 Å². The Kier molecular flexibility index (Phi) is 7.23. The van der Waals surface area contributed by atoms with E-state index in [0.717, 1.165) is 12.3 Å². The monoisotopic (exact) mass is 167 g/mol. The average Bonchev–Trinajstić information content (AvgIpc) is 2.00. The molecular weight excluding hydrogens is 144 g/mol. The van der Waals surface area contributed by atoms with E-state index in [4.69, 9.17) is 0 Å². The van der Waals surface area contributed by atoms with Gasteiger partial charge in [-0.05, 0) is 32.6 Å². The zero-order valence-electron chi connectivity index (χ0n) is 8.90. The quantitative estimate of drug-likeness (QED) is 0.515. The molecule has 0 N–H and O–H groups in total. The molecule has 0 aliphatic heterocycles. The van der Waals surface area contributed by atoms with Gasteiger partial charge in [-0.3, -0.25) is 0 Å². The van der Waals surface area contributed by atoms with Gasteiger partial charge < -0.3 is 0 Å². The standard InChI is InChI=1S/C12H23/c1-5-6-9-12(4)10-7-8-11(2)3/h8,12H,1,5-7,9-10H2,2-4H3. The Labute approximate surface area is 78.1 Å². The summed E-state index contributed by atoms with van der Waals surface area (Å²) in [4.78, 5) is 0. The van der Waals surface area contributed by atoms with Gasteiger partial charge in [0, 0.05) is 0 Å². The van der Waals surface area contributed by atoms with Crippen LogP contribution in [0.2, 0.25) is 0 Å². The molecule has 1 atom stereocenters. The van der Waals surface area contributed by atoms with Crippen molar-refractivity contribution in [2.24, 2.45) is 5.92 Å². The molecule has 71 valence electrons. The number of rotatable bonds is 6. The molecule has 0 aromatic carbocycles. The van der Waals surface area contributed by atoms with Crippen molar-refractivity contribution in [3.05, 3.63) is 18.6 Å². The fourth-order valence-corrected chi connectivity index (χ4v) is 1.29. The van der Waals surface area contributed by atoms with Crippen molar-refractivity contribution in [3.63, 3.8) is 0 Å². The molecule has 0 amide bonds. The number of hydrogen-bond donors (Lipinski definition) is 0. The Hall–Kier alpha value is -0.260. The van der Waals surface area contributed by atoms with Crippen LogP contribution in [0.15, 0.2) is 11.6 Å². The van der Waals surface area contributed by atoms with Crippen LogP contribution in [-0.4, -0.2) is 0 Å². The van der Waals surface area contributed by atoms with Crippen LogP contribution in [0.25, 0.3) is 0 Å². The van der Waals surface area contributed by atoms with Gasteiger partial charge in [0.1, 0.15) is 0 Å². The lowest BCUT2D eigenvalue weighted by molar-refractivity contribution is 0.480. The van der Waals surface area contributed by atoms with Crippen LogP contribution in [0, 0.1) is 12.8 Å². The molecule has 0 nitrogen and oxygen atoms in total. The van der Waals surface area contributed by atoms with Crippen LogP contribution in [0.5, 0.6) is 0 Å². The minimum Gasteiger partial charge on any atom is -0.0859 e. The average molecular weight is 167 g/mol. The summed E-state index contributed by atoms with van der Waals surface area (Å²) in [6, 6.07) is 0. The largest absolute Gasteiger partial charge is 0.0859 e. The van der Waals surface area contributed by atoms with Gasteiger partial charge in [0.2, 0.25) is 0 Å². The van der Waals surface area contributed by atoms with Crippen LogP contribution >= 0.6 is 0 Å². The Morgan fingerprint density at radius 2 is 2.00 bits per heavy atom. The van der Waals surface area contributed by atoms with E-state index in [1.807, 2.05) is 0 Å². The van der Waals surface area contributed by atoms with E-state index in [0.29, 0.717) is 0 Å². The lowest BCUT2D eigenvalue weighted by Crippen LogP contribution is -1.93. The molecule has 0 aliphatic carbocycles. The van der Waals surface area contributed by atoms with E-state index < -0.39 is 0 Å². The second kappa shape index (κ2) is 7.39. The summed E-state index contributed by atoms with van der Waals surface area (Å²) in [6.45, 7) is 10.5. The molecule has 0 bridgehead atoms. The minimum absolute atomic E-state index is 0.877. The summed E-state index contributed by atoms with van der Waals surface area (Å²) in [7, 11) is 0. The van der Waals surface area contributed by atoms with Crippen molar-refractivity contribution in [2.75, 3.05) is 0 Å². The van der Waals surface area contributed by atoms with Crippen molar-refractivity contribution in [3.8, 4) is 0 Å². The fraction of sp³-hybridized carbons (Fsp3) is 0.750. The van der Waals surface area contributed by atoms with Crippen molar-refractivity contribution in [1.82, 2.24) is 0 Å². The zero-order chi connectivity index (χ0) is 9.40. The maximum Gasteiger partial charge on any atom is -0.0346 e. The summed E-state index contributed by atoms with van der Waals surface area (Å²) in [5, 5.41) is 0. The number of unbranched alkanes of at least 4 members (excludes halogenated alkanes) is 1. The third-order valence-electron chi connectivity index (χ3n) is 2.16. The van der Waals surface area contributed by atoms with Gasteiger partial charge in [-0.15, -0.1) is 0 Å². The Morgan fingerprint density at radius 3 is 2.50 bits per heavy atom. The summed E-state index contributed by atoms with van der Waals surface area (Å²) in [5.74, 6) is 0.877. The highest BCUT2D eigenvalue weighted by Crippen LogP contribution is 2.14. The minimum atomic E-state index is 0.877. The lowest BCUT2D eigenvalue weighted by atomic mass is 9.98. The Bertz CT molecular complexity index is 118.